The largest absolute Gasteiger partial charge is 0.504 e. The Hall–Kier alpha value is -3.85. The van der Waals surface area contributed by atoms with Gasteiger partial charge < -0.3 is 10.4 Å². The van der Waals surface area contributed by atoms with Crippen LogP contribution < -0.4 is 5.32 Å². The standard InChI is InChI=1S/C25H22N4O2/c1-29-23-18-12-6-10-16-9-5-11-17(20(16)18)21(23)22(28-29)24(30)19(13-26)25(31)27-14-15-7-3-2-4-8-15/h2-4,6-8,10,12,17,30H,5,9,11,14H2,1H3,(H,27,31). The maximum absolute atomic E-state index is 12.7. The Labute approximate surface area is 180 Å². The lowest BCUT2D eigenvalue weighted by Gasteiger charge is -2.22. The zero-order valence-electron chi connectivity index (χ0n) is 17.2. The van der Waals surface area contributed by atoms with Gasteiger partial charge in [-0.05, 0) is 36.0 Å². The van der Waals surface area contributed by atoms with E-state index in [0.29, 0.717) is 5.69 Å². The lowest BCUT2D eigenvalue weighted by molar-refractivity contribution is -0.117. The Morgan fingerprint density at radius 3 is 2.81 bits per heavy atom. The minimum absolute atomic E-state index is 0.133. The third kappa shape index (κ3) is 3.01. The molecule has 2 aromatic carbocycles. The fourth-order valence-electron chi connectivity index (χ4n) is 4.94. The van der Waals surface area contributed by atoms with Crippen LogP contribution in [0.2, 0.25) is 0 Å². The summed E-state index contributed by atoms with van der Waals surface area (Å²) in [5, 5.41) is 27.9. The van der Waals surface area contributed by atoms with E-state index in [1.54, 1.807) is 4.68 Å². The van der Waals surface area contributed by atoms with Crippen LogP contribution in [-0.2, 0) is 24.8 Å². The number of hydrogen-bond acceptors (Lipinski definition) is 4. The van der Waals surface area contributed by atoms with E-state index < -0.39 is 5.91 Å². The molecule has 5 rings (SSSR count). The first kappa shape index (κ1) is 19.1. The van der Waals surface area contributed by atoms with Crippen LogP contribution >= 0.6 is 0 Å². The van der Waals surface area contributed by atoms with Gasteiger partial charge in [-0.3, -0.25) is 9.48 Å². The molecule has 6 nitrogen and oxygen atoms in total. The molecule has 2 aliphatic rings. The van der Waals surface area contributed by atoms with Crippen molar-refractivity contribution < 1.29 is 9.90 Å². The molecule has 2 aliphatic carbocycles. The summed E-state index contributed by atoms with van der Waals surface area (Å²) in [5.41, 5.74) is 6.59. The van der Waals surface area contributed by atoms with Crippen LogP contribution in [0.1, 0.15) is 46.7 Å². The number of nitrogens with zero attached hydrogens (tertiary/aromatic N) is 3. The van der Waals surface area contributed by atoms with Crippen LogP contribution in [0.15, 0.2) is 54.1 Å². The Morgan fingerprint density at radius 2 is 2.03 bits per heavy atom. The molecule has 0 bridgehead atoms. The molecule has 0 aliphatic heterocycles. The first-order valence-electron chi connectivity index (χ1n) is 10.4. The van der Waals surface area contributed by atoms with Crippen LogP contribution in [0.3, 0.4) is 0 Å². The van der Waals surface area contributed by atoms with Crippen LogP contribution in [0.4, 0.5) is 0 Å². The highest BCUT2D eigenvalue weighted by atomic mass is 16.3. The number of aliphatic hydroxyl groups is 1. The normalized spacial score (nSPS) is 16.7. The van der Waals surface area contributed by atoms with E-state index in [-0.39, 0.29) is 23.8 Å². The number of nitriles is 1. The number of rotatable bonds is 4. The highest BCUT2D eigenvalue weighted by Crippen LogP contribution is 2.52. The van der Waals surface area contributed by atoms with Crippen LogP contribution in [-0.4, -0.2) is 20.8 Å². The monoisotopic (exact) mass is 410 g/mol. The molecule has 0 spiro atoms. The van der Waals surface area contributed by atoms with Gasteiger partial charge >= 0.3 is 0 Å². The smallest absolute Gasteiger partial charge is 0.266 e. The van der Waals surface area contributed by atoms with Gasteiger partial charge in [0, 0.05) is 30.6 Å². The number of aromatic nitrogens is 2. The van der Waals surface area contributed by atoms with Gasteiger partial charge in [0.1, 0.15) is 11.8 Å². The van der Waals surface area contributed by atoms with Crippen molar-refractivity contribution in [2.75, 3.05) is 0 Å². The number of benzene rings is 2. The fraction of sp³-hybridized carbons (Fsp3) is 0.240. The third-order valence-corrected chi connectivity index (χ3v) is 6.27. The van der Waals surface area contributed by atoms with Crippen molar-refractivity contribution in [2.24, 2.45) is 7.05 Å². The van der Waals surface area contributed by atoms with Crippen LogP contribution in [0, 0.1) is 11.3 Å². The van der Waals surface area contributed by atoms with Gasteiger partial charge in [-0.15, -0.1) is 0 Å². The van der Waals surface area contributed by atoms with Crippen molar-refractivity contribution in [3.05, 3.63) is 82.1 Å². The summed E-state index contributed by atoms with van der Waals surface area (Å²) in [4.78, 5) is 12.7. The number of nitrogens with one attached hydrogen (secondary N) is 1. The maximum Gasteiger partial charge on any atom is 0.266 e. The van der Waals surface area contributed by atoms with E-state index in [2.05, 4.69) is 28.6 Å². The van der Waals surface area contributed by atoms with Crippen molar-refractivity contribution in [3.8, 4) is 17.3 Å². The van der Waals surface area contributed by atoms with Crippen LogP contribution in [0.25, 0.3) is 17.0 Å². The predicted octanol–water partition coefficient (Wildman–Crippen LogP) is 3.98. The Bertz CT molecular complexity index is 1260. The molecule has 0 radical (unpaired) electrons. The molecule has 1 atom stereocenters. The molecule has 2 N–H and O–H groups in total. The summed E-state index contributed by atoms with van der Waals surface area (Å²) >= 11 is 0. The summed E-state index contributed by atoms with van der Waals surface area (Å²) in [7, 11) is 1.84. The number of fused-ring (bicyclic) bond motifs is 3. The molecule has 0 saturated heterocycles. The van der Waals surface area contributed by atoms with Crippen molar-refractivity contribution in [1.82, 2.24) is 15.1 Å². The van der Waals surface area contributed by atoms with Gasteiger partial charge in [0.2, 0.25) is 0 Å². The van der Waals surface area contributed by atoms with E-state index in [9.17, 15) is 15.2 Å². The zero-order valence-corrected chi connectivity index (χ0v) is 17.2. The molecule has 31 heavy (non-hydrogen) atoms. The molecule has 0 saturated carbocycles. The van der Waals surface area contributed by atoms with Gasteiger partial charge in [-0.25, -0.2) is 0 Å². The van der Waals surface area contributed by atoms with Gasteiger partial charge in [-0.1, -0.05) is 48.5 Å². The first-order valence-corrected chi connectivity index (χ1v) is 10.4. The second-order valence-electron chi connectivity index (χ2n) is 8.06. The maximum atomic E-state index is 12.7. The van der Waals surface area contributed by atoms with E-state index in [0.717, 1.165) is 41.6 Å². The lowest BCUT2D eigenvalue weighted by atomic mass is 9.81. The summed E-state index contributed by atoms with van der Waals surface area (Å²) in [5.74, 6) is -0.832. The van der Waals surface area contributed by atoms with E-state index in [1.165, 1.54) is 11.1 Å². The second kappa shape index (κ2) is 7.44. The summed E-state index contributed by atoms with van der Waals surface area (Å²) in [6.07, 6.45) is 3.07. The number of carbonyl (C=O) groups is 1. The van der Waals surface area contributed by atoms with E-state index >= 15 is 0 Å². The van der Waals surface area contributed by atoms with Crippen molar-refractivity contribution in [3.63, 3.8) is 0 Å². The molecular weight excluding hydrogens is 388 g/mol. The Morgan fingerprint density at radius 1 is 1.23 bits per heavy atom. The molecule has 3 aromatic rings. The molecule has 6 heteroatoms. The Balaban J connectivity index is 1.54. The van der Waals surface area contributed by atoms with E-state index in [1.807, 2.05) is 43.4 Å². The summed E-state index contributed by atoms with van der Waals surface area (Å²) < 4.78 is 1.76. The molecule has 1 heterocycles. The number of aryl methyl sites for hydroxylation is 2. The zero-order chi connectivity index (χ0) is 21.5. The quantitative estimate of drug-likeness (QED) is 0.387. The van der Waals surface area contributed by atoms with Gasteiger partial charge in [-0.2, -0.15) is 10.4 Å². The summed E-state index contributed by atoms with van der Waals surface area (Å²) in [6.45, 7) is 0.274. The second-order valence-corrected chi connectivity index (χ2v) is 8.06. The molecule has 0 fully saturated rings. The third-order valence-electron chi connectivity index (χ3n) is 6.27. The lowest BCUT2D eigenvalue weighted by Crippen LogP contribution is -2.25. The highest BCUT2D eigenvalue weighted by molar-refractivity contribution is 6.04. The number of carbonyl (C=O) groups excluding carboxylic acids is 1. The number of hydrogen-bond donors (Lipinski definition) is 2. The average molecular weight is 410 g/mol. The number of aliphatic hydroxyl groups excluding tert-OH is 1. The van der Waals surface area contributed by atoms with Crippen LogP contribution in [0.5, 0.6) is 0 Å². The highest BCUT2D eigenvalue weighted by Gasteiger charge is 2.39. The molecule has 154 valence electrons. The van der Waals surface area contributed by atoms with Crippen molar-refractivity contribution in [2.45, 2.75) is 31.7 Å². The molecule has 1 aromatic heterocycles. The van der Waals surface area contributed by atoms with Gasteiger partial charge in [0.25, 0.3) is 5.91 Å². The Kier molecular flexibility index (Phi) is 4.59. The van der Waals surface area contributed by atoms with E-state index in [4.69, 9.17) is 0 Å². The minimum atomic E-state index is -0.608. The fourth-order valence-corrected chi connectivity index (χ4v) is 4.94. The van der Waals surface area contributed by atoms with Crippen molar-refractivity contribution >= 4 is 11.7 Å². The average Bonchev–Trinajstić information content (AvgIpc) is 3.31. The molecular formula is C25H22N4O2. The first-order chi connectivity index (χ1) is 15.1. The van der Waals surface area contributed by atoms with Crippen molar-refractivity contribution in [1.29, 1.82) is 5.26 Å². The predicted molar refractivity (Wildman–Crippen MR) is 117 cm³/mol. The minimum Gasteiger partial charge on any atom is -0.504 e. The molecule has 1 amide bonds. The van der Waals surface area contributed by atoms with Gasteiger partial charge in [0.15, 0.2) is 11.3 Å². The number of amides is 1. The summed E-state index contributed by atoms with van der Waals surface area (Å²) in [6, 6.07) is 17.6. The molecule has 1 unspecified atom stereocenters. The SMILES string of the molecule is Cn1nc(C(O)=C(C#N)C(=O)NCc2ccccc2)c2c1-c1cccc3c1C2CCC3. The topological polar surface area (TPSA) is 90.9 Å². The van der Waals surface area contributed by atoms with Gasteiger partial charge in [0.05, 0.1) is 5.69 Å².